The Balaban J connectivity index is 2.29. The molecule has 0 aliphatic carbocycles. The van der Waals surface area contributed by atoms with Gasteiger partial charge in [0, 0.05) is 32.6 Å². The van der Waals surface area contributed by atoms with Gasteiger partial charge < -0.3 is 5.11 Å². The fraction of sp³-hybridized carbons (Fsp3) is 0.182. The van der Waals surface area contributed by atoms with Crippen molar-refractivity contribution in [3.8, 4) is 0 Å². The third kappa shape index (κ3) is 2.10. The second-order valence-corrected chi connectivity index (χ2v) is 3.57. The summed E-state index contributed by atoms with van der Waals surface area (Å²) in [5.41, 5.74) is 0.902. The molecule has 2 rings (SSSR count). The molecule has 88 valence electrons. The Morgan fingerprint density at radius 2 is 1.71 bits per heavy atom. The number of carbonyl (C=O) groups is 1. The van der Waals surface area contributed by atoms with E-state index in [1.54, 1.807) is 32.4 Å². The highest BCUT2D eigenvalue weighted by Crippen LogP contribution is 2.11. The average Bonchev–Trinajstić information content (AvgIpc) is 2.86. The number of aromatic nitrogens is 4. The van der Waals surface area contributed by atoms with E-state index in [0.717, 1.165) is 6.08 Å². The van der Waals surface area contributed by atoms with Crippen LogP contribution in [0.15, 0.2) is 30.6 Å². The predicted molar refractivity (Wildman–Crippen MR) is 61.4 cm³/mol. The minimum atomic E-state index is -0.302. The van der Waals surface area contributed by atoms with Crippen LogP contribution in [0.4, 0.5) is 0 Å². The first-order chi connectivity index (χ1) is 8.09. The molecule has 0 aliphatic heterocycles. The van der Waals surface area contributed by atoms with E-state index in [2.05, 4.69) is 10.2 Å². The van der Waals surface area contributed by atoms with Crippen molar-refractivity contribution in [2.75, 3.05) is 0 Å². The summed E-state index contributed by atoms with van der Waals surface area (Å²) in [5, 5.41) is 17.6. The monoisotopic (exact) mass is 232 g/mol. The lowest BCUT2D eigenvalue weighted by Crippen LogP contribution is -2.06. The molecule has 0 bridgehead atoms. The number of aryl methyl sites for hydroxylation is 2. The van der Waals surface area contributed by atoms with Crippen LogP contribution in [0.5, 0.6) is 0 Å². The van der Waals surface area contributed by atoms with Crippen LogP contribution in [0.2, 0.25) is 0 Å². The van der Waals surface area contributed by atoms with Crippen molar-refractivity contribution >= 4 is 11.5 Å². The van der Waals surface area contributed by atoms with Gasteiger partial charge in [0.25, 0.3) is 0 Å². The number of rotatable bonds is 3. The summed E-state index contributed by atoms with van der Waals surface area (Å²) in [4.78, 5) is 11.8. The zero-order valence-corrected chi connectivity index (χ0v) is 9.53. The number of aliphatic hydroxyl groups excluding tert-OH is 1. The molecule has 0 radical (unpaired) electrons. The van der Waals surface area contributed by atoms with Crippen LogP contribution in [-0.4, -0.2) is 30.5 Å². The zero-order chi connectivity index (χ0) is 12.4. The van der Waals surface area contributed by atoms with Gasteiger partial charge in [-0.05, 0) is 12.1 Å². The maximum Gasteiger partial charge on any atom is 0.207 e. The molecule has 6 heteroatoms. The van der Waals surface area contributed by atoms with Crippen LogP contribution in [0.25, 0.3) is 5.76 Å². The summed E-state index contributed by atoms with van der Waals surface area (Å²) in [6, 6.07) is 3.22. The number of hydrogen-bond donors (Lipinski definition) is 1. The highest BCUT2D eigenvalue weighted by Gasteiger charge is 2.11. The van der Waals surface area contributed by atoms with E-state index >= 15 is 0 Å². The Kier molecular flexibility index (Phi) is 2.78. The maximum absolute atomic E-state index is 11.8. The molecule has 0 aromatic carbocycles. The van der Waals surface area contributed by atoms with Crippen molar-refractivity contribution in [3.05, 3.63) is 42.0 Å². The normalized spacial score (nSPS) is 11.8. The van der Waals surface area contributed by atoms with E-state index in [4.69, 9.17) is 0 Å². The van der Waals surface area contributed by atoms with Crippen LogP contribution in [0, 0.1) is 0 Å². The quantitative estimate of drug-likeness (QED) is 0.485. The average molecular weight is 232 g/mol. The number of carbonyl (C=O) groups excluding carboxylic acids is 1. The number of allylic oxidation sites excluding steroid dienone is 1. The molecule has 0 spiro atoms. The van der Waals surface area contributed by atoms with E-state index in [-0.39, 0.29) is 11.5 Å². The second-order valence-electron chi connectivity index (χ2n) is 3.57. The smallest absolute Gasteiger partial charge is 0.207 e. The molecule has 2 heterocycles. The summed E-state index contributed by atoms with van der Waals surface area (Å²) < 4.78 is 2.94. The number of nitrogens with zero attached hydrogens (tertiary/aromatic N) is 4. The predicted octanol–water partition coefficient (Wildman–Crippen LogP) is 0.935. The molecule has 6 nitrogen and oxygen atoms in total. The van der Waals surface area contributed by atoms with Crippen LogP contribution in [0.1, 0.15) is 16.2 Å². The second kappa shape index (κ2) is 4.25. The summed E-state index contributed by atoms with van der Waals surface area (Å²) in [5.74, 6) is -0.417. The fourth-order valence-electron chi connectivity index (χ4n) is 1.51. The van der Waals surface area contributed by atoms with Crippen molar-refractivity contribution in [1.29, 1.82) is 0 Å². The molecule has 0 fully saturated rings. The van der Waals surface area contributed by atoms with E-state index < -0.39 is 0 Å². The first-order valence-electron chi connectivity index (χ1n) is 5.01. The van der Waals surface area contributed by atoms with Gasteiger partial charge in [-0.3, -0.25) is 14.2 Å². The van der Waals surface area contributed by atoms with E-state index in [1.165, 1.54) is 15.6 Å². The Morgan fingerprint density at radius 3 is 2.18 bits per heavy atom. The summed E-state index contributed by atoms with van der Waals surface area (Å²) in [7, 11) is 3.36. The van der Waals surface area contributed by atoms with Crippen molar-refractivity contribution in [2.45, 2.75) is 0 Å². The molecule has 0 saturated heterocycles. The van der Waals surface area contributed by atoms with Crippen LogP contribution < -0.4 is 0 Å². The van der Waals surface area contributed by atoms with Gasteiger partial charge in [0.15, 0.2) is 0 Å². The molecule has 2 aromatic rings. The molecule has 2 aromatic heterocycles. The van der Waals surface area contributed by atoms with Gasteiger partial charge in [0.2, 0.25) is 5.78 Å². The molecule has 0 amide bonds. The number of hydrogen-bond acceptors (Lipinski definition) is 4. The summed E-state index contributed by atoms with van der Waals surface area (Å²) in [6.45, 7) is 0. The first-order valence-corrected chi connectivity index (χ1v) is 5.01. The topological polar surface area (TPSA) is 72.9 Å². The highest BCUT2D eigenvalue weighted by atomic mass is 16.3. The lowest BCUT2D eigenvalue weighted by atomic mass is 10.2. The van der Waals surface area contributed by atoms with E-state index in [0.29, 0.717) is 11.4 Å². The zero-order valence-electron chi connectivity index (χ0n) is 9.53. The van der Waals surface area contributed by atoms with E-state index in [1.807, 2.05) is 0 Å². The standard InChI is InChI=1S/C11H12N4O2/c1-14-8(3-5-12-14)10(16)7-11(17)9-4-6-13-15(9)2/h3-7,16H,1-2H3. The third-order valence-corrected chi connectivity index (χ3v) is 2.42. The lowest BCUT2D eigenvalue weighted by Gasteiger charge is -2.01. The summed E-state index contributed by atoms with van der Waals surface area (Å²) >= 11 is 0. The Hall–Kier alpha value is -2.37. The summed E-state index contributed by atoms with van der Waals surface area (Å²) in [6.07, 6.45) is 4.24. The molecular weight excluding hydrogens is 220 g/mol. The highest BCUT2D eigenvalue weighted by molar-refractivity contribution is 6.06. The van der Waals surface area contributed by atoms with Gasteiger partial charge in [-0.2, -0.15) is 10.2 Å². The van der Waals surface area contributed by atoms with Crippen LogP contribution in [0.3, 0.4) is 0 Å². The number of ketones is 1. The van der Waals surface area contributed by atoms with E-state index in [9.17, 15) is 9.90 Å². The van der Waals surface area contributed by atoms with Gasteiger partial charge in [-0.15, -0.1) is 0 Å². The minimum Gasteiger partial charge on any atom is -0.506 e. The Morgan fingerprint density at radius 1 is 1.18 bits per heavy atom. The Bertz CT molecular complexity index is 580. The molecular formula is C11H12N4O2. The molecule has 0 unspecified atom stereocenters. The minimum absolute atomic E-state index is 0.115. The van der Waals surface area contributed by atoms with Gasteiger partial charge in [0.05, 0.1) is 0 Å². The van der Waals surface area contributed by atoms with Gasteiger partial charge in [0.1, 0.15) is 17.1 Å². The van der Waals surface area contributed by atoms with Crippen molar-refractivity contribution in [2.24, 2.45) is 14.1 Å². The number of aliphatic hydroxyl groups is 1. The van der Waals surface area contributed by atoms with Gasteiger partial charge in [-0.25, -0.2) is 0 Å². The molecule has 0 aliphatic rings. The molecule has 1 N–H and O–H groups in total. The molecule has 0 atom stereocenters. The first kappa shape index (κ1) is 11.1. The third-order valence-electron chi connectivity index (χ3n) is 2.42. The Labute approximate surface area is 97.8 Å². The largest absolute Gasteiger partial charge is 0.506 e. The van der Waals surface area contributed by atoms with Crippen molar-refractivity contribution in [1.82, 2.24) is 19.6 Å². The van der Waals surface area contributed by atoms with Crippen molar-refractivity contribution in [3.63, 3.8) is 0 Å². The van der Waals surface area contributed by atoms with Crippen LogP contribution in [-0.2, 0) is 14.1 Å². The molecule has 0 saturated carbocycles. The molecule has 17 heavy (non-hydrogen) atoms. The fourth-order valence-corrected chi connectivity index (χ4v) is 1.51. The SMILES string of the molecule is Cn1nccc1C(=O)C=C(O)c1ccnn1C. The maximum atomic E-state index is 11.8. The van der Waals surface area contributed by atoms with Gasteiger partial charge >= 0.3 is 0 Å². The lowest BCUT2D eigenvalue weighted by molar-refractivity contribution is 0.103. The van der Waals surface area contributed by atoms with Crippen LogP contribution >= 0.6 is 0 Å². The van der Waals surface area contributed by atoms with Crippen molar-refractivity contribution < 1.29 is 9.90 Å². The van der Waals surface area contributed by atoms with Gasteiger partial charge in [-0.1, -0.05) is 0 Å².